The second-order valence-electron chi connectivity index (χ2n) is 11.6. The highest BCUT2D eigenvalue weighted by molar-refractivity contribution is 14.1. The summed E-state index contributed by atoms with van der Waals surface area (Å²) in [5.74, 6) is 0.728. The van der Waals surface area contributed by atoms with Crippen molar-refractivity contribution in [3.8, 4) is 5.75 Å². The Hall–Kier alpha value is -2.41. The first-order valence-corrected chi connectivity index (χ1v) is 13.3. The normalized spacial score (nSPS) is 21.7. The maximum atomic E-state index is 13.9. The molecule has 2 aliphatic carbocycles. The Kier molecular flexibility index (Phi) is 5.98. The minimum Gasteiger partial charge on any atom is -0.497 e. The maximum Gasteiger partial charge on any atom is 0.162 e. The number of carbonyl (C=O) groups is 2. The number of anilines is 1. The predicted molar refractivity (Wildman–Crippen MR) is 147 cm³/mol. The van der Waals surface area contributed by atoms with E-state index in [1.165, 1.54) is 0 Å². The van der Waals surface area contributed by atoms with Gasteiger partial charge in [0, 0.05) is 50.6 Å². The smallest absolute Gasteiger partial charge is 0.162 e. The molecule has 0 spiro atoms. The van der Waals surface area contributed by atoms with Gasteiger partial charge in [0.05, 0.1) is 7.11 Å². The van der Waals surface area contributed by atoms with Crippen LogP contribution in [-0.4, -0.2) is 18.7 Å². The largest absolute Gasteiger partial charge is 0.497 e. The first-order chi connectivity index (χ1) is 16.5. The summed E-state index contributed by atoms with van der Waals surface area (Å²) in [7, 11) is 1.65. The van der Waals surface area contributed by atoms with Crippen molar-refractivity contribution in [3.05, 3.63) is 80.2 Å². The van der Waals surface area contributed by atoms with E-state index in [1.807, 2.05) is 24.3 Å². The van der Waals surface area contributed by atoms with E-state index in [0.717, 1.165) is 56.0 Å². The standard InChI is InChI=1S/C30H32INO3/c1-29(2)14-22-27(24(33)16-29)26(18-9-11-21(35-5)12-10-18)28-23(15-30(3,4)17-25(28)34)32(22)20-8-6-7-19(31)13-20/h6-13,26H,14-17H2,1-5H3. The number of methoxy groups -OCH3 is 1. The van der Waals surface area contributed by atoms with Gasteiger partial charge in [-0.3, -0.25) is 9.59 Å². The Morgan fingerprint density at radius 1 is 0.829 bits per heavy atom. The number of Topliss-reactive ketones (excluding diaryl/α,β-unsaturated/α-hetero) is 2. The lowest BCUT2D eigenvalue weighted by Crippen LogP contribution is -2.44. The SMILES string of the molecule is COc1ccc(C2C3=C(CC(C)(C)CC3=O)N(c3cccc(I)c3)C3=C2C(=O)CC(C)(C)C3)cc1. The number of halogens is 1. The minimum absolute atomic E-state index is 0.146. The van der Waals surface area contributed by atoms with Gasteiger partial charge in [0.25, 0.3) is 0 Å². The molecule has 0 aromatic heterocycles. The maximum absolute atomic E-state index is 13.9. The monoisotopic (exact) mass is 581 g/mol. The van der Waals surface area contributed by atoms with Crippen LogP contribution in [0.3, 0.4) is 0 Å². The molecular weight excluding hydrogens is 549 g/mol. The molecular formula is C30H32INO3. The molecule has 0 saturated heterocycles. The molecule has 0 bridgehead atoms. The molecule has 35 heavy (non-hydrogen) atoms. The van der Waals surface area contributed by atoms with Gasteiger partial charge in [0.1, 0.15) is 5.75 Å². The molecule has 0 atom stereocenters. The average Bonchev–Trinajstić information content (AvgIpc) is 2.76. The topological polar surface area (TPSA) is 46.6 Å². The summed E-state index contributed by atoms with van der Waals surface area (Å²) in [6, 6.07) is 16.3. The van der Waals surface area contributed by atoms with Crippen molar-refractivity contribution in [2.75, 3.05) is 12.0 Å². The molecule has 0 unspecified atom stereocenters. The van der Waals surface area contributed by atoms with Crippen molar-refractivity contribution in [2.24, 2.45) is 10.8 Å². The van der Waals surface area contributed by atoms with Gasteiger partial charge >= 0.3 is 0 Å². The molecule has 0 fully saturated rings. The fraction of sp³-hybridized carbons (Fsp3) is 0.400. The molecule has 2 aromatic rings. The third kappa shape index (κ3) is 4.37. The van der Waals surface area contributed by atoms with Crippen LogP contribution in [0.25, 0.3) is 0 Å². The zero-order valence-corrected chi connectivity index (χ0v) is 23.2. The number of ketones is 2. The molecule has 2 aromatic carbocycles. The Bertz CT molecular complexity index is 1230. The van der Waals surface area contributed by atoms with Crippen LogP contribution in [0.1, 0.15) is 64.9 Å². The zero-order chi connectivity index (χ0) is 25.1. The van der Waals surface area contributed by atoms with Gasteiger partial charge in [0.15, 0.2) is 11.6 Å². The summed E-state index contributed by atoms with van der Waals surface area (Å²) in [5, 5.41) is 0. The van der Waals surface area contributed by atoms with E-state index in [0.29, 0.717) is 12.8 Å². The lowest BCUT2D eigenvalue weighted by Gasteiger charge is -2.49. The molecule has 0 radical (unpaired) electrons. The van der Waals surface area contributed by atoms with Gasteiger partial charge < -0.3 is 9.64 Å². The van der Waals surface area contributed by atoms with Crippen LogP contribution in [0.4, 0.5) is 5.69 Å². The van der Waals surface area contributed by atoms with E-state index in [-0.39, 0.29) is 28.3 Å². The Balaban J connectivity index is 1.82. The van der Waals surface area contributed by atoms with Crippen LogP contribution in [0.2, 0.25) is 0 Å². The highest BCUT2D eigenvalue weighted by atomic mass is 127. The third-order valence-corrected chi connectivity index (χ3v) is 8.10. The number of ether oxygens (including phenoxy) is 1. The number of allylic oxidation sites excluding steroid dienone is 4. The van der Waals surface area contributed by atoms with Gasteiger partial charge in [-0.05, 0) is 82.2 Å². The molecule has 182 valence electrons. The summed E-state index contributed by atoms with van der Waals surface area (Å²) in [6.07, 6.45) is 2.55. The van der Waals surface area contributed by atoms with E-state index in [1.54, 1.807) is 7.11 Å². The lowest BCUT2D eigenvalue weighted by atomic mass is 9.63. The number of carbonyl (C=O) groups excluding carboxylic acids is 2. The first kappa shape index (κ1) is 24.3. The average molecular weight is 581 g/mol. The predicted octanol–water partition coefficient (Wildman–Crippen LogP) is 7.19. The number of hydrogen-bond donors (Lipinski definition) is 0. The van der Waals surface area contributed by atoms with Crippen LogP contribution >= 0.6 is 22.6 Å². The van der Waals surface area contributed by atoms with Crippen LogP contribution in [0, 0.1) is 14.4 Å². The Morgan fingerprint density at radius 3 is 1.86 bits per heavy atom. The minimum atomic E-state index is -0.336. The highest BCUT2D eigenvalue weighted by Crippen LogP contribution is 2.55. The zero-order valence-electron chi connectivity index (χ0n) is 21.1. The summed E-state index contributed by atoms with van der Waals surface area (Å²) in [4.78, 5) is 30.0. The van der Waals surface area contributed by atoms with Crippen molar-refractivity contribution in [1.82, 2.24) is 0 Å². The van der Waals surface area contributed by atoms with E-state index < -0.39 is 0 Å². The second kappa shape index (κ2) is 8.61. The van der Waals surface area contributed by atoms with E-state index in [2.05, 4.69) is 79.5 Å². The van der Waals surface area contributed by atoms with Gasteiger partial charge in [-0.1, -0.05) is 45.9 Å². The number of benzene rings is 2. The Morgan fingerprint density at radius 2 is 1.37 bits per heavy atom. The first-order valence-electron chi connectivity index (χ1n) is 12.2. The molecule has 3 aliphatic rings. The number of hydrogen-bond acceptors (Lipinski definition) is 4. The Labute approximate surface area is 221 Å². The second-order valence-corrected chi connectivity index (χ2v) is 12.9. The van der Waals surface area contributed by atoms with Crippen LogP contribution in [0.15, 0.2) is 71.1 Å². The van der Waals surface area contributed by atoms with Gasteiger partial charge in [-0.25, -0.2) is 0 Å². The molecule has 5 rings (SSSR count). The third-order valence-electron chi connectivity index (χ3n) is 7.43. The van der Waals surface area contributed by atoms with E-state index in [4.69, 9.17) is 4.74 Å². The van der Waals surface area contributed by atoms with Gasteiger partial charge in [-0.15, -0.1) is 0 Å². The van der Waals surface area contributed by atoms with Crippen LogP contribution in [0.5, 0.6) is 5.75 Å². The highest BCUT2D eigenvalue weighted by Gasteiger charge is 2.49. The fourth-order valence-corrected chi connectivity index (χ4v) is 6.55. The van der Waals surface area contributed by atoms with Crippen molar-refractivity contribution in [2.45, 2.75) is 59.3 Å². The van der Waals surface area contributed by atoms with Gasteiger partial charge in [-0.2, -0.15) is 0 Å². The van der Waals surface area contributed by atoms with E-state index >= 15 is 0 Å². The molecule has 5 heteroatoms. The van der Waals surface area contributed by atoms with Crippen molar-refractivity contribution in [3.63, 3.8) is 0 Å². The van der Waals surface area contributed by atoms with Crippen molar-refractivity contribution in [1.29, 1.82) is 0 Å². The van der Waals surface area contributed by atoms with Gasteiger partial charge in [0.2, 0.25) is 0 Å². The molecule has 0 N–H and O–H groups in total. The summed E-state index contributed by atoms with van der Waals surface area (Å²) >= 11 is 2.33. The summed E-state index contributed by atoms with van der Waals surface area (Å²) in [5.41, 5.74) is 5.41. The fourth-order valence-electron chi connectivity index (χ4n) is 6.02. The number of nitrogens with zero attached hydrogens (tertiary/aromatic N) is 1. The molecule has 1 heterocycles. The quantitative estimate of drug-likeness (QED) is 0.360. The summed E-state index contributed by atoms with van der Waals surface area (Å²) < 4.78 is 6.52. The lowest BCUT2D eigenvalue weighted by molar-refractivity contribution is -0.119. The molecule has 0 amide bonds. The van der Waals surface area contributed by atoms with Crippen LogP contribution in [-0.2, 0) is 9.59 Å². The van der Waals surface area contributed by atoms with E-state index in [9.17, 15) is 9.59 Å². The molecule has 1 aliphatic heterocycles. The molecule has 0 saturated carbocycles. The van der Waals surface area contributed by atoms with Crippen molar-refractivity contribution >= 4 is 39.8 Å². The van der Waals surface area contributed by atoms with Crippen LogP contribution < -0.4 is 9.64 Å². The molecule has 4 nitrogen and oxygen atoms in total. The number of rotatable bonds is 3. The summed E-state index contributed by atoms with van der Waals surface area (Å²) in [6.45, 7) is 8.68. The van der Waals surface area contributed by atoms with Crippen molar-refractivity contribution < 1.29 is 14.3 Å².